The molecule has 356 valence electrons. The number of aliphatic imine (C=N–C) groups is 1. The number of aliphatic hydroxyl groups is 2. The molecule has 0 unspecified atom stereocenters. The molecule has 6 heterocycles. The number of fused-ring (bicyclic) bond motifs is 3. The Bertz CT molecular complexity index is 2850. The molecule has 2 amide bonds. The van der Waals surface area contributed by atoms with E-state index in [-0.39, 0.29) is 74.3 Å². The Balaban J connectivity index is 0.753. The molecule has 4 aromatic heterocycles. The van der Waals surface area contributed by atoms with Crippen molar-refractivity contribution in [1.82, 2.24) is 35.1 Å². The molecule has 19 heteroatoms. The monoisotopic (exact) mass is 980 g/mol. The first-order chi connectivity index (χ1) is 32.7. The van der Waals surface area contributed by atoms with Gasteiger partial charge in [-0.1, -0.05) is 61.8 Å². The molecule has 68 heavy (non-hydrogen) atoms. The second kappa shape index (κ2) is 20.0. The predicted octanol–water partition coefficient (Wildman–Crippen LogP) is 6.29. The maximum Gasteiger partial charge on any atom is 0.356 e. The molecule has 0 spiro atoms. The van der Waals surface area contributed by atoms with E-state index in [4.69, 9.17) is 30.6 Å². The molecule has 1 aliphatic carbocycles. The van der Waals surface area contributed by atoms with Crippen LogP contribution in [0, 0.1) is 33.6 Å². The van der Waals surface area contributed by atoms with Crippen LogP contribution >= 0.6 is 34.3 Å². The summed E-state index contributed by atoms with van der Waals surface area (Å²) in [6.07, 6.45) is 0.759. The Labute approximate surface area is 407 Å². The Morgan fingerprint density at radius 3 is 2.49 bits per heavy atom. The van der Waals surface area contributed by atoms with Crippen molar-refractivity contribution in [1.29, 1.82) is 0 Å². The summed E-state index contributed by atoms with van der Waals surface area (Å²) in [5.41, 5.74) is 8.69. The number of hydrogen-bond donors (Lipinski definition) is 4. The number of benzene rings is 2. The summed E-state index contributed by atoms with van der Waals surface area (Å²) in [6.45, 7) is 12.8. The number of aryl methyl sites for hydroxylation is 3. The first-order valence-electron chi connectivity index (χ1n) is 22.9. The predicted molar refractivity (Wildman–Crippen MR) is 259 cm³/mol. The van der Waals surface area contributed by atoms with Crippen molar-refractivity contribution in [3.8, 4) is 21.3 Å². The number of hydrogen-bond acceptors (Lipinski definition) is 13. The van der Waals surface area contributed by atoms with Gasteiger partial charge in [-0.15, -0.1) is 32.9 Å². The number of β-amino-alcohol motifs (C(OH)–C–C–N with tert-alkyl or cyclic N) is 1. The van der Waals surface area contributed by atoms with Gasteiger partial charge in [0.2, 0.25) is 11.8 Å². The SMILES string of the molecule is Cc1ncsc1-c1ccc(C[NH+]=C(O)[C@@H]2C[C@@H](O)CN2C(=O)[C@@H](c2cc(OCCOC3CC(NC(=O)C[C@@H]4N=C(c5ccc(Cl)cc5)c5c(sc(C)c5C)-n5c(C)nnc54)C3)no2)C(C)C)cc1. The van der Waals surface area contributed by atoms with Gasteiger partial charge in [0.15, 0.2) is 24.2 Å². The van der Waals surface area contributed by atoms with Crippen molar-refractivity contribution in [3.63, 3.8) is 0 Å². The van der Waals surface area contributed by atoms with E-state index in [1.165, 1.54) is 9.78 Å². The van der Waals surface area contributed by atoms with Crippen LogP contribution in [0.15, 0.2) is 69.6 Å². The lowest BCUT2D eigenvalue weighted by molar-refractivity contribution is -0.486. The van der Waals surface area contributed by atoms with Gasteiger partial charge in [0.05, 0.1) is 47.0 Å². The Morgan fingerprint density at radius 2 is 1.76 bits per heavy atom. The number of rotatable bonds is 16. The van der Waals surface area contributed by atoms with E-state index in [2.05, 4.69) is 44.5 Å². The van der Waals surface area contributed by atoms with Gasteiger partial charge in [-0.05, 0) is 74.9 Å². The van der Waals surface area contributed by atoms with Gasteiger partial charge >= 0.3 is 5.90 Å². The van der Waals surface area contributed by atoms with Crippen LogP contribution in [0.25, 0.3) is 15.4 Å². The average Bonchev–Trinajstić information content (AvgIpc) is 4.14. The first-order valence-corrected chi connectivity index (χ1v) is 24.9. The minimum Gasteiger partial charge on any atom is -0.473 e. The Hall–Kier alpha value is -5.79. The highest BCUT2D eigenvalue weighted by atomic mass is 35.5. The molecule has 1 saturated carbocycles. The molecule has 1 saturated heterocycles. The molecule has 6 aromatic rings. The molecular weight excluding hydrogens is 926 g/mol. The van der Waals surface area contributed by atoms with Crippen molar-refractivity contribution in [2.75, 3.05) is 19.8 Å². The van der Waals surface area contributed by atoms with Gasteiger partial charge in [-0.2, -0.15) is 0 Å². The van der Waals surface area contributed by atoms with E-state index in [0.29, 0.717) is 36.0 Å². The number of likely N-dealkylation sites (tertiary alicyclic amines) is 1. The average molecular weight is 982 g/mol. The second-order valence-corrected chi connectivity index (χ2v) is 20.6. The summed E-state index contributed by atoms with van der Waals surface area (Å²) < 4.78 is 19.6. The summed E-state index contributed by atoms with van der Waals surface area (Å²) >= 11 is 9.52. The lowest BCUT2D eigenvalue weighted by Crippen LogP contribution is -2.75. The number of aliphatic hydroxyl groups excluding tert-OH is 2. The highest BCUT2D eigenvalue weighted by Crippen LogP contribution is 2.40. The van der Waals surface area contributed by atoms with Crippen molar-refractivity contribution < 1.29 is 38.8 Å². The lowest BCUT2D eigenvalue weighted by Gasteiger charge is -2.35. The number of thiazole rings is 1. The molecule has 0 bridgehead atoms. The van der Waals surface area contributed by atoms with Gasteiger partial charge in [-0.3, -0.25) is 19.1 Å². The number of carbonyl (C=O) groups is 2. The normalized spacial score (nSPS) is 20.7. The van der Waals surface area contributed by atoms with Crippen molar-refractivity contribution >= 4 is 57.7 Å². The van der Waals surface area contributed by atoms with Crippen molar-refractivity contribution in [2.45, 2.75) is 110 Å². The van der Waals surface area contributed by atoms with Gasteiger partial charge in [0, 0.05) is 51.7 Å². The summed E-state index contributed by atoms with van der Waals surface area (Å²) in [4.78, 5) is 44.2. The zero-order valence-electron chi connectivity index (χ0n) is 38.7. The van der Waals surface area contributed by atoms with Gasteiger partial charge in [-0.25, -0.2) is 9.98 Å². The molecule has 0 radical (unpaired) electrons. The number of aromatic nitrogens is 5. The van der Waals surface area contributed by atoms with Gasteiger partial charge in [0.1, 0.15) is 29.4 Å². The summed E-state index contributed by atoms with van der Waals surface area (Å²) in [6, 6.07) is 15.9. The number of thiophene rings is 1. The largest absolute Gasteiger partial charge is 0.473 e. The van der Waals surface area contributed by atoms with E-state index in [1.54, 1.807) is 28.7 Å². The van der Waals surface area contributed by atoms with Crippen LogP contribution in [-0.4, -0.2) is 107 Å². The molecular formula is C49H55ClN9O7S2+. The van der Waals surface area contributed by atoms with E-state index in [1.807, 2.05) is 86.3 Å². The van der Waals surface area contributed by atoms with Crippen LogP contribution in [-0.2, 0) is 20.9 Å². The fraction of sp³-hybridized carbons (Fsp3) is 0.429. The van der Waals surface area contributed by atoms with Crippen molar-refractivity contribution in [2.24, 2.45) is 10.9 Å². The lowest BCUT2D eigenvalue weighted by atomic mass is 9.89. The molecule has 3 aliphatic rings. The summed E-state index contributed by atoms with van der Waals surface area (Å²) in [5, 5.41) is 39.6. The number of nitrogens with zero attached hydrogens (tertiary/aromatic N) is 7. The third kappa shape index (κ3) is 9.87. The Morgan fingerprint density at radius 1 is 1.01 bits per heavy atom. The molecule has 16 nitrogen and oxygen atoms in total. The van der Waals surface area contributed by atoms with Crippen LogP contribution in [0.3, 0.4) is 0 Å². The zero-order valence-corrected chi connectivity index (χ0v) is 41.1. The van der Waals surface area contributed by atoms with Crippen LogP contribution in [0.1, 0.15) is 102 Å². The molecule has 4 atom stereocenters. The highest BCUT2D eigenvalue weighted by Gasteiger charge is 2.45. The minimum atomic E-state index is -0.799. The molecule has 2 fully saturated rings. The smallest absolute Gasteiger partial charge is 0.356 e. The van der Waals surface area contributed by atoms with E-state index in [0.717, 1.165) is 54.9 Å². The third-order valence-electron chi connectivity index (χ3n) is 12.9. The fourth-order valence-electron chi connectivity index (χ4n) is 9.16. The van der Waals surface area contributed by atoms with Gasteiger partial charge < -0.3 is 34.4 Å². The number of carbonyl (C=O) groups excluding carboxylic acids is 2. The van der Waals surface area contributed by atoms with E-state index < -0.39 is 24.1 Å². The minimum absolute atomic E-state index is 0.0446. The zero-order chi connectivity index (χ0) is 47.8. The quantitative estimate of drug-likeness (QED) is 0.0482. The van der Waals surface area contributed by atoms with Crippen molar-refractivity contribution in [3.05, 3.63) is 115 Å². The maximum atomic E-state index is 14.1. The standard InChI is InChI=1S/C49H54ClN9O7S2/c1-25(2)42(48(63)58-23-35(60)19-38(58)47(62)51-22-30-7-9-32(10-8-30)45-27(4)52-24-67-45)39-21-41(57-66-39)65-16-15-64-36-17-34(18-36)53-40(61)20-37-46-56-55-29(6)59(46)49-43(26(3)28(5)68-49)44(54-37)31-11-13-33(50)14-12-31/h7-14,21,24-25,34-38,42,60H,15-20,22-23H2,1-6H3,(H,51,62)(H,53,61)/p+1/t34?,35-,36?,37+,38+,42-/m1/s1. The van der Waals surface area contributed by atoms with Crippen LogP contribution < -0.4 is 15.0 Å². The molecule has 9 rings (SSSR count). The Kier molecular flexibility index (Phi) is 13.9. The van der Waals surface area contributed by atoms with Crippen LogP contribution in [0.4, 0.5) is 0 Å². The number of amides is 2. The summed E-state index contributed by atoms with van der Waals surface area (Å²) in [7, 11) is 0. The topological polar surface area (TPSA) is 204 Å². The van der Waals surface area contributed by atoms with Crippen LogP contribution in [0.2, 0.25) is 5.02 Å². The summed E-state index contributed by atoms with van der Waals surface area (Å²) in [5.74, 6) is 0.489. The second-order valence-electron chi connectivity index (χ2n) is 18.1. The molecule has 4 N–H and O–H groups in total. The first kappa shape index (κ1) is 47.3. The molecule has 2 aliphatic heterocycles. The maximum absolute atomic E-state index is 14.1. The van der Waals surface area contributed by atoms with E-state index >= 15 is 0 Å². The van der Waals surface area contributed by atoms with E-state index in [9.17, 15) is 19.8 Å². The number of halogens is 1. The number of nitrogens with one attached hydrogen (secondary N) is 2. The highest BCUT2D eigenvalue weighted by molar-refractivity contribution is 7.15. The van der Waals surface area contributed by atoms with Gasteiger partial charge in [0.25, 0.3) is 5.88 Å². The molecule has 2 aromatic carbocycles. The number of ether oxygens (including phenoxy) is 2. The third-order valence-corrected chi connectivity index (χ3v) is 15.4. The van der Waals surface area contributed by atoms with Crippen LogP contribution in [0.5, 0.6) is 5.88 Å². The fourth-order valence-corrected chi connectivity index (χ4v) is 11.3.